The smallest absolute Gasteiger partial charge is 0.333 e. The van der Waals surface area contributed by atoms with Gasteiger partial charge in [0, 0.05) is 0 Å². The summed E-state index contributed by atoms with van der Waals surface area (Å²) in [5.74, 6) is -2.52. The maximum Gasteiger partial charge on any atom is 0.333 e. The summed E-state index contributed by atoms with van der Waals surface area (Å²) in [5, 5.41) is 56.3. The number of fused-ring (bicyclic) bond motifs is 1. The van der Waals surface area contributed by atoms with Gasteiger partial charge >= 0.3 is 5.95 Å². The quantitative estimate of drug-likeness (QED) is 0.258. The van der Waals surface area contributed by atoms with Crippen LogP contribution in [0.4, 0.5) is 0 Å². The third kappa shape index (κ3) is 4.12. The number of hydrogen-bond donors (Lipinski definition) is 5. The maximum atomic E-state index is 9.94. The van der Waals surface area contributed by atoms with Crippen molar-refractivity contribution < 1.29 is 29.9 Å². The third-order valence-electron chi connectivity index (χ3n) is 5.32. The summed E-state index contributed by atoms with van der Waals surface area (Å²) in [4.78, 5) is 4.41. The van der Waals surface area contributed by atoms with E-state index in [0.29, 0.717) is 16.6 Å². The molecule has 4 aromatic rings. The highest BCUT2D eigenvalue weighted by atomic mass is 16.7. The van der Waals surface area contributed by atoms with Gasteiger partial charge in [-0.05, 0) is 42.0 Å². The van der Waals surface area contributed by atoms with E-state index in [1.807, 2.05) is 30.3 Å². The summed E-state index contributed by atoms with van der Waals surface area (Å²) < 4.78 is 13.6. The Bertz CT molecular complexity index is 1570. The van der Waals surface area contributed by atoms with Crippen LogP contribution in [0.15, 0.2) is 95.4 Å². The second kappa shape index (κ2) is 9.27. The number of para-hydroxylation sites is 1. The molecule has 5 N–H and O–H groups in total. The van der Waals surface area contributed by atoms with Crippen LogP contribution < -0.4 is 10.2 Å². The van der Waals surface area contributed by atoms with E-state index in [2.05, 4.69) is 15.2 Å². The summed E-state index contributed by atoms with van der Waals surface area (Å²) in [6.45, 7) is -0.630. The standard InChI is InChI=1S/C24H20N6O6/c25-22-17-11-28-30(15-4-2-1-3-5-15)23(17)26-13-29(22)27-10-14-6-8-16(9-7-14)35-24-21(34)20(33)19(32)18(12-31)36-24/h1-11,13,18,25,31-34H,12H2/b25-22?,27-10-. The van der Waals surface area contributed by atoms with Crippen LogP contribution in [0.5, 0.6) is 5.75 Å². The number of nitrogens with one attached hydrogen (secondary N) is 1. The van der Waals surface area contributed by atoms with Crippen LogP contribution in [0.2, 0.25) is 0 Å². The maximum absolute atomic E-state index is 9.94. The number of benzene rings is 2. The summed E-state index contributed by atoms with van der Waals surface area (Å²) in [6, 6.07) is 16.0. The fraction of sp³-hybridized carbons (Fsp3) is 0.0833. The molecule has 2 aromatic heterocycles. The fourth-order valence-electron chi connectivity index (χ4n) is 3.43. The first-order chi connectivity index (χ1) is 17.5. The molecule has 2 aromatic carbocycles. The molecule has 3 heterocycles. The highest BCUT2D eigenvalue weighted by molar-refractivity contribution is 5.80. The molecular formula is C24H20N6O6. The Kier molecular flexibility index (Phi) is 5.84. The molecule has 0 saturated heterocycles. The number of nitrogens with zero attached hydrogens (tertiary/aromatic N) is 5. The van der Waals surface area contributed by atoms with Crippen molar-refractivity contribution in [2.45, 2.75) is 6.10 Å². The van der Waals surface area contributed by atoms with Gasteiger partial charge in [0.1, 0.15) is 12.1 Å². The van der Waals surface area contributed by atoms with Crippen LogP contribution >= 0.6 is 0 Å². The lowest BCUT2D eigenvalue weighted by Crippen LogP contribution is -2.28. The van der Waals surface area contributed by atoms with Crippen LogP contribution in [0.1, 0.15) is 5.56 Å². The summed E-state index contributed by atoms with van der Waals surface area (Å²) in [5.41, 5.74) is 2.16. The van der Waals surface area contributed by atoms with E-state index in [1.54, 1.807) is 35.1 Å². The van der Waals surface area contributed by atoms with Gasteiger partial charge in [0.15, 0.2) is 23.0 Å². The molecule has 1 aliphatic heterocycles. The Morgan fingerprint density at radius 3 is 2.53 bits per heavy atom. The molecule has 0 amide bonds. The predicted octanol–water partition coefficient (Wildman–Crippen LogP) is 2.41. The zero-order valence-corrected chi connectivity index (χ0v) is 18.6. The van der Waals surface area contributed by atoms with Crippen molar-refractivity contribution in [1.82, 2.24) is 19.4 Å². The number of aliphatic hydroxyl groups excluding tert-OH is 4. The third-order valence-corrected chi connectivity index (χ3v) is 5.32. The zero-order chi connectivity index (χ0) is 25.2. The first-order valence-electron chi connectivity index (χ1n) is 10.7. The molecule has 0 aliphatic carbocycles. The summed E-state index contributed by atoms with van der Waals surface area (Å²) in [7, 11) is 0. The van der Waals surface area contributed by atoms with Crippen LogP contribution in [-0.2, 0) is 4.74 Å². The predicted molar refractivity (Wildman–Crippen MR) is 127 cm³/mol. The van der Waals surface area contributed by atoms with Gasteiger partial charge in [0.25, 0.3) is 0 Å². The molecular weight excluding hydrogens is 468 g/mol. The first kappa shape index (κ1) is 22.7. The Hall–Kier alpha value is -5.10. The summed E-state index contributed by atoms with van der Waals surface area (Å²) in [6.07, 6.45) is 3.27. The minimum Gasteiger partial charge on any atom is -0.505 e. The molecule has 1 aliphatic rings. The van der Waals surface area contributed by atoms with Gasteiger partial charge in [-0.25, -0.2) is 14.3 Å². The highest BCUT2D eigenvalue weighted by Gasteiger charge is 2.32. The van der Waals surface area contributed by atoms with Gasteiger partial charge < -0.3 is 29.9 Å². The van der Waals surface area contributed by atoms with Crippen LogP contribution in [-0.4, -0.2) is 58.8 Å². The number of aromatic nitrogens is 4. The average Bonchev–Trinajstić information content (AvgIpc) is 3.35. The molecule has 1 unspecified atom stereocenters. The first-order valence-corrected chi connectivity index (χ1v) is 10.7. The fourth-order valence-corrected chi connectivity index (χ4v) is 3.43. The van der Waals surface area contributed by atoms with Crippen molar-refractivity contribution in [1.29, 1.82) is 5.41 Å². The average molecular weight is 488 g/mol. The molecule has 36 heavy (non-hydrogen) atoms. The zero-order valence-electron chi connectivity index (χ0n) is 18.6. The van der Waals surface area contributed by atoms with E-state index in [9.17, 15) is 20.4 Å². The van der Waals surface area contributed by atoms with E-state index in [1.165, 1.54) is 17.2 Å². The largest absolute Gasteiger partial charge is 0.505 e. The van der Waals surface area contributed by atoms with Gasteiger partial charge in [0.2, 0.25) is 11.5 Å². The Morgan fingerprint density at radius 2 is 1.81 bits per heavy atom. The van der Waals surface area contributed by atoms with Gasteiger partial charge in [-0.15, -0.1) is 0 Å². The van der Waals surface area contributed by atoms with Crippen molar-refractivity contribution in [3.8, 4) is 11.4 Å². The van der Waals surface area contributed by atoms with E-state index in [4.69, 9.17) is 14.9 Å². The van der Waals surface area contributed by atoms with Crippen molar-refractivity contribution in [2.24, 2.45) is 5.10 Å². The Labute approximate surface area is 203 Å². The lowest BCUT2D eigenvalue weighted by atomic mass is 10.2. The Morgan fingerprint density at radius 1 is 1.06 bits per heavy atom. The van der Waals surface area contributed by atoms with E-state index in [-0.39, 0.29) is 11.2 Å². The van der Waals surface area contributed by atoms with E-state index >= 15 is 0 Å². The highest BCUT2D eigenvalue weighted by Crippen LogP contribution is 2.27. The van der Waals surface area contributed by atoms with Gasteiger partial charge in [0.05, 0.1) is 30.1 Å². The van der Waals surface area contributed by atoms with Gasteiger partial charge in [-0.2, -0.15) is 10.2 Å². The van der Waals surface area contributed by atoms with Gasteiger partial charge in [-0.3, -0.25) is 5.41 Å². The molecule has 1 atom stereocenters. The minimum absolute atomic E-state index is 0.116. The topological polar surface area (TPSA) is 171 Å². The van der Waals surface area contributed by atoms with Crippen molar-refractivity contribution in [3.05, 3.63) is 101 Å². The number of hydrogen-bond acceptors (Lipinski definition) is 10. The normalized spacial score (nSPS) is 16.1. The molecule has 12 nitrogen and oxygen atoms in total. The lowest BCUT2D eigenvalue weighted by Gasteiger charge is -2.23. The molecule has 0 spiro atoms. The molecule has 0 fully saturated rings. The van der Waals surface area contributed by atoms with Gasteiger partial charge in [-0.1, -0.05) is 18.2 Å². The monoisotopic (exact) mass is 488 g/mol. The number of aliphatic hydroxyl groups is 4. The van der Waals surface area contributed by atoms with Crippen molar-refractivity contribution in [2.75, 3.05) is 6.61 Å². The van der Waals surface area contributed by atoms with E-state index in [0.717, 1.165) is 5.69 Å². The molecule has 12 heteroatoms. The van der Waals surface area contributed by atoms with Crippen LogP contribution in [0.3, 0.4) is 0 Å². The van der Waals surface area contributed by atoms with Crippen molar-refractivity contribution in [3.63, 3.8) is 0 Å². The molecule has 5 rings (SSSR count). The lowest BCUT2D eigenvalue weighted by molar-refractivity contribution is -0.0175. The Balaban J connectivity index is 1.34. The van der Waals surface area contributed by atoms with E-state index < -0.39 is 35.9 Å². The van der Waals surface area contributed by atoms with Crippen LogP contribution in [0.25, 0.3) is 16.7 Å². The number of ether oxygens (including phenoxy) is 2. The minimum atomic E-state index is -1.26. The number of rotatable bonds is 6. The molecule has 0 bridgehead atoms. The molecule has 0 saturated carbocycles. The summed E-state index contributed by atoms with van der Waals surface area (Å²) >= 11 is 0. The molecule has 182 valence electrons. The second-order valence-electron chi connectivity index (χ2n) is 7.64. The second-order valence-corrected chi connectivity index (χ2v) is 7.64. The van der Waals surface area contributed by atoms with Crippen molar-refractivity contribution >= 4 is 17.2 Å². The SMILES string of the molecule is N=c1c2cnn(-c3ccccc3)c2ncn1/N=C\c1ccc(OC2=C(O)C(O)=C(O)C(CO)O2)cc1. The molecule has 0 radical (unpaired) electrons. The van der Waals surface area contributed by atoms with Crippen LogP contribution in [0, 0.1) is 5.41 Å².